The average Bonchev–Trinajstić information content (AvgIpc) is 3.01. The lowest BCUT2D eigenvalue weighted by Gasteiger charge is -2.16. The van der Waals surface area contributed by atoms with Gasteiger partial charge in [0.2, 0.25) is 0 Å². The normalized spacial score (nSPS) is 29.0. The van der Waals surface area contributed by atoms with Gasteiger partial charge in [-0.05, 0) is 56.1 Å². The van der Waals surface area contributed by atoms with Crippen LogP contribution in [0.3, 0.4) is 0 Å². The number of benzene rings is 1. The maximum absolute atomic E-state index is 11.9. The van der Waals surface area contributed by atoms with Crippen molar-refractivity contribution in [1.29, 1.82) is 0 Å². The Morgan fingerprint density at radius 2 is 2.26 bits per heavy atom. The summed E-state index contributed by atoms with van der Waals surface area (Å²) >= 11 is 0. The summed E-state index contributed by atoms with van der Waals surface area (Å²) < 4.78 is 0. The van der Waals surface area contributed by atoms with Crippen LogP contribution in [0.4, 0.5) is 0 Å². The van der Waals surface area contributed by atoms with Crippen LogP contribution in [-0.2, 0) is 0 Å². The molecule has 3 rings (SSSR count). The molecular formula is C16H20N2O. The molecule has 0 spiro atoms. The molecule has 3 nitrogen and oxygen atoms in total. The van der Waals surface area contributed by atoms with E-state index in [-0.39, 0.29) is 5.91 Å². The molecule has 2 bridgehead atoms. The third kappa shape index (κ3) is 2.70. The number of nitrogens with one attached hydrogen (secondary N) is 1. The molecule has 0 heterocycles. The van der Waals surface area contributed by atoms with Gasteiger partial charge in [0.05, 0.1) is 0 Å². The molecule has 1 aromatic carbocycles. The van der Waals surface area contributed by atoms with E-state index in [1.54, 1.807) is 0 Å². The van der Waals surface area contributed by atoms with E-state index in [1.807, 2.05) is 37.4 Å². The molecule has 2 fully saturated rings. The van der Waals surface area contributed by atoms with E-state index < -0.39 is 0 Å². The van der Waals surface area contributed by atoms with Gasteiger partial charge in [0.15, 0.2) is 0 Å². The Labute approximate surface area is 114 Å². The van der Waals surface area contributed by atoms with E-state index in [9.17, 15) is 4.79 Å². The molecule has 3 unspecified atom stereocenters. The van der Waals surface area contributed by atoms with Crippen LogP contribution in [0.5, 0.6) is 0 Å². The molecule has 2 aliphatic rings. The average molecular weight is 256 g/mol. The van der Waals surface area contributed by atoms with Gasteiger partial charge in [-0.25, -0.2) is 5.43 Å². The molecule has 3 heteroatoms. The Bertz CT molecular complexity index is 509. The summed E-state index contributed by atoms with van der Waals surface area (Å²) in [7, 11) is 0. The quantitative estimate of drug-likeness (QED) is 0.655. The van der Waals surface area contributed by atoms with Crippen molar-refractivity contribution in [2.45, 2.75) is 32.6 Å². The standard InChI is InChI=1S/C16H20N2O/c1-11-3-2-4-14(7-11)16(19)18-17-10-15-9-12-5-6-13(15)8-12/h2-4,7,10,12-13,15H,5-6,8-9H2,1H3,(H,18,19)/b17-10+. The Hall–Kier alpha value is -1.64. The summed E-state index contributed by atoms with van der Waals surface area (Å²) in [5, 5.41) is 4.15. The maximum Gasteiger partial charge on any atom is 0.271 e. The minimum absolute atomic E-state index is 0.122. The summed E-state index contributed by atoms with van der Waals surface area (Å²) in [5.41, 5.74) is 4.40. The zero-order chi connectivity index (χ0) is 13.2. The predicted molar refractivity (Wildman–Crippen MR) is 76.1 cm³/mol. The number of aryl methyl sites for hydroxylation is 1. The van der Waals surface area contributed by atoms with Gasteiger partial charge in [0.1, 0.15) is 0 Å². The molecule has 0 radical (unpaired) electrons. The molecular weight excluding hydrogens is 236 g/mol. The van der Waals surface area contributed by atoms with Crippen molar-refractivity contribution in [3.05, 3.63) is 35.4 Å². The third-order valence-electron chi connectivity index (χ3n) is 4.51. The van der Waals surface area contributed by atoms with Gasteiger partial charge in [-0.1, -0.05) is 24.1 Å². The first kappa shape index (κ1) is 12.4. The van der Waals surface area contributed by atoms with Crippen LogP contribution in [0.15, 0.2) is 29.4 Å². The Balaban J connectivity index is 1.56. The first-order chi connectivity index (χ1) is 9.22. The van der Waals surface area contributed by atoms with Crippen LogP contribution < -0.4 is 5.43 Å². The molecule has 2 aliphatic carbocycles. The van der Waals surface area contributed by atoms with Crippen molar-refractivity contribution in [2.24, 2.45) is 22.9 Å². The largest absolute Gasteiger partial charge is 0.271 e. The van der Waals surface area contributed by atoms with E-state index >= 15 is 0 Å². The highest BCUT2D eigenvalue weighted by Gasteiger charge is 2.38. The summed E-state index contributed by atoms with van der Waals surface area (Å²) in [5.74, 6) is 2.18. The van der Waals surface area contributed by atoms with Gasteiger partial charge in [-0.15, -0.1) is 0 Å². The molecule has 0 saturated heterocycles. The molecule has 0 aliphatic heterocycles. The highest BCUT2D eigenvalue weighted by molar-refractivity contribution is 5.94. The number of amides is 1. The van der Waals surface area contributed by atoms with Crippen LogP contribution in [0.1, 0.15) is 41.6 Å². The molecule has 3 atom stereocenters. The topological polar surface area (TPSA) is 41.5 Å². The fraction of sp³-hybridized carbons (Fsp3) is 0.500. The van der Waals surface area contributed by atoms with Gasteiger partial charge in [-0.2, -0.15) is 5.10 Å². The minimum Gasteiger partial charge on any atom is -0.267 e. The van der Waals surface area contributed by atoms with Crippen molar-refractivity contribution in [2.75, 3.05) is 0 Å². The van der Waals surface area contributed by atoms with Gasteiger partial charge in [0, 0.05) is 11.8 Å². The number of carbonyl (C=O) groups excluding carboxylic acids is 1. The second-order valence-electron chi connectivity index (χ2n) is 5.93. The van der Waals surface area contributed by atoms with Crippen molar-refractivity contribution < 1.29 is 4.79 Å². The highest BCUT2D eigenvalue weighted by Crippen LogP contribution is 2.47. The number of hydrogen-bond donors (Lipinski definition) is 1. The lowest BCUT2D eigenvalue weighted by molar-refractivity contribution is 0.0954. The zero-order valence-electron chi connectivity index (χ0n) is 11.3. The SMILES string of the molecule is Cc1cccc(C(=O)N/N=C/C2CC3CCC2C3)c1. The molecule has 1 N–H and O–H groups in total. The van der Waals surface area contributed by atoms with Crippen molar-refractivity contribution in [3.63, 3.8) is 0 Å². The maximum atomic E-state index is 11.9. The van der Waals surface area contributed by atoms with E-state index in [2.05, 4.69) is 10.5 Å². The monoisotopic (exact) mass is 256 g/mol. The van der Waals surface area contributed by atoms with Crippen LogP contribution in [0.2, 0.25) is 0 Å². The Morgan fingerprint density at radius 1 is 1.37 bits per heavy atom. The smallest absolute Gasteiger partial charge is 0.267 e. The fourth-order valence-electron chi connectivity index (χ4n) is 3.52. The number of hydrazone groups is 1. The van der Waals surface area contributed by atoms with Crippen LogP contribution in [0.25, 0.3) is 0 Å². The second-order valence-corrected chi connectivity index (χ2v) is 5.93. The summed E-state index contributed by atoms with van der Waals surface area (Å²) in [6.45, 7) is 1.98. The van der Waals surface area contributed by atoms with Crippen molar-refractivity contribution in [3.8, 4) is 0 Å². The molecule has 19 heavy (non-hydrogen) atoms. The van der Waals surface area contributed by atoms with E-state index in [4.69, 9.17) is 0 Å². The van der Waals surface area contributed by atoms with Gasteiger partial charge >= 0.3 is 0 Å². The van der Waals surface area contributed by atoms with Crippen molar-refractivity contribution >= 4 is 12.1 Å². The first-order valence-electron chi connectivity index (χ1n) is 7.12. The Kier molecular flexibility index (Phi) is 3.36. The van der Waals surface area contributed by atoms with E-state index in [1.165, 1.54) is 25.7 Å². The molecule has 0 aromatic heterocycles. The zero-order valence-corrected chi connectivity index (χ0v) is 11.3. The molecule has 2 saturated carbocycles. The van der Waals surface area contributed by atoms with Crippen LogP contribution in [-0.4, -0.2) is 12.1 Å². The number of carbonyl (C=O) groups is 1. The molecule has 1 aromatic rings. The van der Waals surface area contributed by atoms with Crippen molar-refractivity contribution in [1.82, 2.24) is 5.43 Å². The lowest BCUT2D eigenvalue weighted by Crippen LogP contribution is -2.20. The number of nitrogens with zero attached hydrogens (tertiary/aromatic N) is 1. The van der Waals surface area contributed by atoms with Gasteiger partial charge in [0.25, 0.3) is 5.91 Å². The number of hydrogen-bond acceptors (Lipinski definition) is 2. The number of rotatable bonds is 3. The Morgan fingerprint density at radius 3 is 2.95 bits per heavy atom. The number of fused-ring (bicyclic) bond motifs is 2. The predicted octanol–water partition coefficient (Wildman–Crippen LogP) is 3.15. The second kappa shape index (κ2) is 5.16. The van der Waals surface area contributed by atoms with E-state index in [0.29, 0.717) is 11.5 Å². The summed E-state index contributed by atoms with van der Waals surface area (Å²) in [6, 6.07) is 7.57. The van der Waals surface area contributed by atoms with E-state index in [0.717, 1.165) is 17.4 Å². The van der Waals surface area contributed by atoms with Crippen LogP contribution >= 0.6 is 0 Å². The summed E-state index contributed by atoms with van der Waals surface area (Å²) in [4.78, 5) is 11.9. The molecule has 1 amide bonds. The third-order valence-corrected chi connectivity index (χ3v) is 4.51. The van der Waals surface area contributed by atoms with Gasteiger partial charge < -0.3 is 0 Å². The van der Waals surface area contributed by atoms with Gasteiger partial charge in [-0.3, -0.25) is 4.79 Å². The minimum atomic E-state index is -0.122. The fourth-order valence-corrected chi connectivity index (χ4v) is 3.52. The summed E-state index contributed by atoms with van der Waals surface area (Å²) in [6.07, 6.45) is 7.31. The molecule has 100 valence electrons. The lowest BCUT2D eigenvalue weighted by atomic mass is 9.90. The first-order valence-corrected chi connectivity index (χ1v) is 7.12. The van der Waals surface area contributed by atoms with Crippen LogP contribution in [0, 0.1) is 24.7 Å². The highest BCUT2D eigenvalue weighted by atomic mass is 16.2.